The number of aliphatic hydroxyl groups excluding tert-OH is 7. The van der Waals surface area contributed by atoms with Crippen LogP contribution in [-0.4, -0.2) is 110 Å². The summed E-state index contributed by atoms with van der Waals surface area (Å²) in [6.07, 6.45) is 31.9. The quantitative estimate of drug-likeness (QED) is 0.0223. The highest BCUT2D eigenvalue weighted by Gasteiger charge is 2.44. The molecule has 0 aliphatic carbocycles. The third-order valence-electron chi connectivity index (χ3n) is 11.4. The minimum atomic E-state index is -1.67. The molecule has 0 saturated carbocycles. The minimum absolute atomic E-state index is 0.244. The van der Waals surface area contributed by atoms with Gasteiger partial charge in [-0.15, -0.1) is 0 Å². The molecular formula is C48H89NO10. The van der Waals surface area contributed by atoms with E-state index in [-0.39, 0.29) is 12.8 Å². The molecule has 0 bridgehead atoms. The summed E-state index contributed by atoms with van der Waals surface area (Å²) >= 11 is 0. The van der Waals surface area contributed by atoms with Crippen LogP contribution in [0.4, 0.5) is 0 Å². The molecule has 0 radical (unpaired) electrons. The number of amides is 1. The third-order valence-corrected chi connectivity index (χ3v) is 11.4. The molecule has 1 rings (SSSR count). The largest absolute Gasteiger partial charge is 0.394 e. The SMILES string of the molecule is CCCCCC/C=C/CC/C=C/CCCC(O)C(O)C(COC1OC(CO)C(O)C(O)C1O)NC(=O)C(O)CCCCCCCC/C=C\CCCCCCCCCCC. The fourth-order valence-electron chi connectivity index (χ4n) is 7.39. The van der Waals surface area contributed by atoms with Gasteiger partial charge in [-0.3, -0.25) is 4.79 Å². The minimum Gasteiger partial charge on any atom is -0.394 e. The van der Waals surface area contributed by atoms with Crippen LogP contribution in [0.15, 0.2) is 36.5 Å². The maximum absolute atomic E-state index is 13.1. The van der Waals surface area contributed by atoms with E-state index in [4.69, 9.17) is 9.47 Å². The highest BCUT2D eigenvalue weighted by molar-refractivity contribution is 5.80. The Hall–Kier alpha value is -1.67. The standard InChI is InChI=1S/C48H89NO10/c1-3-5-7-9-11-13-15-17-18-19-20-21-22-24-26-28-30-32-34-36-41(52)47(57)49-39(38-58-48-46(56)45(55)44(54)42(37-50)59-48)43(53)40(51)35-33-31-29-27-25-23-16-14-12-10-8-6-4-2/h14,16,20-21,27,29,39-46,48,50-56H,3-13,15,17-19,22-26,28,30-38H2,1-2H3,(H,49,57)/b16-14+,21-20-,29-27+. The molecule has 1 aliphatic rings. The molecule has 1 heterocycles. The van der Waals surface area contributed by atoms with Gasteiger partial charge in [-0.2, -0.15) is 0 Å². The van der Waals surface area contributed by atoms with Gasteiger partial charge in [0.15, 0.2) is 6.29 Å². The van der Waals surface area contributed by atoms with E-state index < -0.39 is 74.2 Å². The van der Waals surface area contributed by atoms with Crippen LogP contribution in [0.5, 0.6) is 0 Å². The van der Waals surface area contributed by atoms with Crippen LogP contribution in [0.2, 0.25) is 0 Å². The maximum Gasteiger partial charge on any atom is 0.249 e. The van der Waals surface area contributed by atoms with Crippen LogP contribution in [0.1, 0.15) is 194 Å². The molecular weight excluding hydrogens is 751 g/mol. The molecule has 0 spiro atoms. The van der Waals surface area contributed by atoms with Crippen molar-refractivity contribution >= 4 is 5.91 Å². The van der Waals surface area contributed by atoms with Gasteiger partial charge >= 0.3 is 0 Å². The number of nitrogens with one attached hydrogen (secondary N) is 1. The van der Waals surface area contributed by atoms with Gasteiger partial charge in [0, 0.05) is 0 Å². The van der Waals surface area contributed by atoms with E-state index in [1.807, 2.05) is 0 Å². The summed E-state index contributed by atoms with van der Waals surface area (Å²) in [6.45, 7) is 3.39. The Morgan fingerprint density at radius 1 is 0.576 bits per heavy atom. The van der Waals surface area contributed by atoms with Crippen molar-refractivity contribution in [1.29, 1.82) is 0 Å². The second-order valence-electron chi connectivity index (χ2n) is 16.8. The zero-order chi connectivity index (χ0) is 43.4. The van der Waals surface area contributed by atoms with Crippen molar-refractivity contribution in [1.82, 2.24) is 5.32 Å². The zero-order valence-electron chi connectivity index (χ0n) is 37.2. The molecule has 8 N–H and O–H groups in total. The number of hydrogen-bond acceptors (Lipinski definition) is 10. The number of aliphatic hydroxyl groups is 7. The van der Waals surface area contributed by atoms with Gasteiger partial charge < -0.3 is 50.5 Å². The van der Waals surface area contributed by atoms with Gasteiger partial charge in [0.2, 0.25) is 5.91 Å². The first-order chi connectivity index (χ1) is 28.7. The van der Waals surface area contributed by atoms with Crippen LogP contribution in [-0.2, 0) is 14.3 Å². The first-order valence-electron chi connectivity index (χ1n) is 23.9. The van der Waals surface area contributed by atoms with Crippen LogP contribution >= 0.6 is 0 Å². The highest BCUT2D eigenvalue weighted by atomic mass is 16.7. The Morgan fingerprint density at radius 2 is 1.02 bits per heavy atom. The smallest absolute Gasteiger partial charge is 0.249 e. The third kappa shape index (κ3) is 27.8. The molecule has 1 saturated heterocycles. The summed E-state index contributed by atoms with van der Waals surface area (Å²) in [5.41, 5.74) is 0. The summed E-state index contributed by atoms with van der Waals surface area (Å²) in [5, 5.41) is 75.6. The number of unbranched alkanes of at least 4 members (excludes halogenated alkanes) is 21. The fraction of sp³-hybridized carbons (Fsp3) is 0.854. The van der Waals surface area contributed by atoms with Crippen molar-refractivity contribution < 1.29 is 50.0 Å². The van der Waals surface area contributed by atoms with Crippen molar-refractivity contribution in [2.24, 2.45) is 0 Å². The van der Waals surface area contributed by atoms with E-state index in [2.05, 4.69) is 55.6 Å². The molecule has 9 unspecified atom stereocenters. The van der Waals surface area contributed by atoms with Crippen molar-refractivity contribution in [2.45, 2.75) is 249 Å². The Balaban J connectivity index is 2.45. The lowest BCUT2D eigenvalue weighted by Crippen LogP contribution is -2.60. The Bertz CT molecular complexity index is 1050. The maximum atomic E-state index is 13.1. The summed E-state index contributed by atoms with van der Waals surface area (Å²) < 4.78 is 11.1. The number of carbonyl (C=O) groups is 1. The van der Waals surface area contributed by atoms with Gasteiger partial charge in [-0.05, 0) is 77.0 Å². The van der Waals surface area contributed by atoms with E-state index in [1.54, 1.807) is 0 Å². The van der Waals surface area contributed by atoms with Gasteiger partial charge in [0.1, 0.15) is 36.6 Å². The normalized spacial score (nSPS) is 22.1. The predicted octanol–water partition coefficient (Wildman–Crippen LogP) is 8.00. The van der Waals surface area contributed by atoms with E-state index in [9.17, 15) is 40.5 Å². The topological polar surface area (TPSA) is 189 Å². The van der Waals surface area contributed by atoms with Gasteiger partial charge in [-0.25, -0.2) is 0 Å². The van der Waals surface area contributed by atoms with Crippen molar-refractivity contribution in [3.8, 4) is 0 Å². The van der Waals surface area contributed by atoms with Gasteiger partial charge in [-0.1, -0.05) is 153 Å². The van der Waals surface area contributed by atoms with Crippen LogP contribution in [0.3, 0.4) is 0 Å². The summed E-state index contributed by atoms with van der Waals surface area (Å²) in [7, 11) is 0. The molecule has 1 aliphatic heterocycles. The van der Waals surface area contributed by atoms with Gasteiger partial charge in [0.05, 0.1) is 25.4 Å². The summed E-state index contributed by atoms with van der Waals surface area (Å²) in [6, 6.07) is -1.19. The predicted molar refractivity (Wildman–Crippen MR) is 238 cm³/mol. The molecule has 59 heavy (non-hydrogen) atoms. The van der Waals surface area contributed by atoms with Crippen LogP contribution in [0.25, 0.3) is 0 Å². The lowest BCUT2D eigenvalue weighted by molar-refractivity contribution is -0.303. The molecule has 1 amide bonds. The molecule has 0 aromatic carbocycles. The van der Waals surface area contributed by atoms with Crippen molar-refractivity contribution in [2.75, 3.05) is 13.2 Å². The van der Waals surface area contributed by atoms with E-state index in [0.29, 0.717) is 19.3 Å². The lowest BCUT2D eigenvalue weighted by atomic mass is 9.98. The second kappa shape index (κ2) is 38.0. The van der Waals surface area contributed by atoms with Gasteiger partial charge in [0.25, 0.3) is 0 Å². The first-order valence-corrected chi connectivity index (χ1v) is 23.9. The fourth-order valence-corrected chi connectivity index (χ4v) is 7.39. The Labute approximate surface area is 358 Å². The first kappa shape index (κ1) is 55.3. The molecule has 1 fully saturated rings. The van der Waals surface area contributed by atoms with E-state index >= 15 is 0 Å². The number of rotatable bonds is 39. The monoisotopic (exact) mass is 840 g/mol. The summed E-state index contributed by atoms with van der Waals surface area (Å²) in [4.78, 5) is 13.1. The molecule has 9 atom stereocenters. The van der Waals surface area contributed by atoms with E-state index in [1.165, 1.54) is 89.9 Å². The van der Waals surface area contributed by atoms with Crippen molar-refractivity contribution in [3.63, 3.8) is 0 Å². The number of ether oxygens (including phenoxy) is 2. The summed E-state index contributed by atoms with van der Waals surface area (Å²) in [5.74, 6) is -0.717. The Morgan fingerprint density at radius 3 is 1.53 bits per heavy atom. The number of carbonyl (C=O) groups excluding carboxylic acids is 1. The number of allylic oxidation sites excluding steroid dienone is 6. The zero-order valence-corrected chi connectivity index (χ0v) is 37.2. The molecule has 346 valence electrons. The average molecular weight is 840 g/mol. The average Bonchev–Trinajstić information content (AvgIpc) is 3.23. The molecule has 11 nitrogen and oxygen atoms in total. The molecule has 11 heteroatoms. The second-order valence-corrected chi connectivity index (χ2v) is 16.8. The molecule has 0 aromatic heterocycles. The lowest BCUT2D eigenvalue weighted by Gasteiger charge is -2.40. The number of hydrogen-bond donors (Lipinski definition) is 8. The highest BCUT2D eigenvalue weighted by Crippen LogP contribution is 2.23. The van der Waals surface area contributed by atoms with Crippen LogP contribution in [0, 0.1) is 0 Å². The van der Waals surface area contributed by atoms with Crippen LogP contribution < -0.4 is 5.32 Å². The molecule has 0 aromatic rings. The van der Waals surface area contributed by atoms with E-state index in [0.717, 1.165) is 57.8 Å². The van der Waals surface area contributed by atoms with Crippen molar-refractivity contribution in [3.05, 3.63) is 36.5 Å². The Kier molecular flexibility index (Phi) is 35.7.